The molecule has 2 aromatic carbocycles. The van der Waals surface area contributed by atoms with E-state index in [0.29, 0.717) is 22.2 Å². The van der Waals surface area contributed by atoms with Gasteiger partial charge in [0.2, 0.25) is 0 Å². The number of hydrogen-bond acceptors (Lipinski definition) is 5. The number of aldehydes is 1. The number of H-pyrrole nitrogens is 1. The Morgan fingerprint density at radius 1 is 1.12 bits per heavy atom. The molecule has 0 unspecified atom stereocenters. The van der Waals surface area contributed by atoms with Gasteiger partial charge in [-0.05, 0) is 48.5 Å². The van der Waals surface area contributed by atoms with Crippen molar-refractivity contribution in [1.29, 1.82) is 0 Å². The monoisotopic (exact) mass is 336 g/mol. The summed E-state index contributed by atoms with van der Waals surface area (Å²) in [4.78, 5) is 29.7. The van der Waals surface area contributed by atoms with Crippen molar-refractivity contribution in [3.05, 3.63) is 75.8 Å². The molecule has 25 heavy (non-hydrogen) atoms. The summed E-state index contributed by atoms with van der Waals surface area (Å²) in [5.41, 5.74) is 1.51. The molecule has 0 fully saturated rings. The average molecular weight is 336 g/mol. The van der Waals surface area contributed by atoms with Crippen LogP contribution in [0.25, 0.3) is 10.9 Å². The van der Waals surface area contributed by atoms with Gasteiger partial charge in [-0.25, -0.2) is 4.39 Å². The Balaban J connectivity index is 1.98. The molecule has 0 amide bonds. The van der Waals surface area contributed by atoms with Crippen LogP contribution in [-0.2, 0) is 0 Å². The number of hydrogen-bond donors (Lipinski definition) is 2. The number of carbonyl (C=O) groups is 1. The van der Waals surface area contributed by atoms with Crippen molar-refractivity contribution in [2.24, 2.45) is 15.9 Å². The van der Waals surface area contributed by atoms with Crippen molar-refractivity contribution in [2.45, 2.75) is 0 Å². The molecule has 7 heteroatoms. The second kappa shape index (κ2) is 6.88. The normalized spacial score (nSPS) is 12.0. The zero-order chi connectivity index (χ0) is 17.8. The fraction of sp³-hybridized carbons (Fsp3) is 0. The third kappa shape index (κ3) is 3.50. The molecule has 0 aliphatic rings. The molecule has 1 aromatic heterocycles. The van der Waals surface area contributed by atoms with Crippen molar-refractivity contribution < 1.29 is 9.18 Å². The van der Waals surface area contributed by atoms with Crippen LogP contribution < -0.4 is 11.4 Å². The highest BCUT2D eigenvalue weighted by Gasteiger charge is 2.09. The Bertz CT molecular complexity index is 1050. The van der Waals surface area contributed by atoms with Crippen LogP contribution in [0.15, 0.2) is 63.4 Å². The van der Waals surface area contributed by atoms with Crippen LogP contribution >= 0.6 is 0 Å². The number of nitrogens with two attached hydrogens (primary N) is 1. The minimum absolute atomic E-state index is 0.145. The van der Waals surface area contributed by atoms with Crippen LogP contribution in [0.2, 0.25) is 0 Å². The lowest BCUT2D eigenvalue weighted by Gasteiger charge is -2.03. The fourth-order valence-electron chi connectivity index (χ4n) is 2.31. The lowest BCUT2D eigenvalue weighted by molar-refractivity contribution is 0.112. The van der Waals surface area contributed by atoms with Crippen LogP contribution in [0.3, 0.4) is 0 Å². The Kier molecular flexibility index (Phi) is 4.47. The number of nitrogens with one attached hydrogen (secondary N) is 1. The number of hydrazone groups is 1. The van der Waals surface area contributed by atoms with Gasteiger partial charge in [0, 0.05) is 16.5 Å². The fourth-order valence-corrected chi connectivity index (χ4v) is 2.31. The van der Waals surface area contributed by atoms with Crippen molar-refractivity contribution in [2.75, 3.05) is 0 Å². The molecule has 1 heterocycles. The highest BCUT2D eigenvalue weighted by atomic mass is 19.1. The SMILES string of the molecule is NN=C(C=Nc1ccc(C=O)cc1)c1cc2cc(F)ccc2[nH]c1=O. The highest BCUT2D eigenvalue weighted by Crippen LogP contribution is 2.14. The zero-order valence-electron chi connectivity index (χ0n) is 12.9. The summed E-state index contributed by atoms with van der Waals surface area (Å²) < 4.78 is 13.4. The number of rotatable bonds is 4. The van der Waals surface area contributed by atoms with Crippen molar-refractivity contribution in [3.8, 4) is 0 Å². The Hall–Kier alpha value is -3.61. The largest absolute Gasteiger partial charge is 0.323 e. The van der Waals surface area contributed by atoms with Gasteiger partial charge in [0.1, 0.15) is 17.8 Å². The molecule has 0 atom stereocenters. The number of fused-ring (bicyclic) bond motifs is 1. The van der Waals surface area contributed by atoms with Gasteiger partial charge in [0.05, 0.1) is 17.5 Å². The molecule has 0 saturated carbocycles. The van der Waals surface area contributed by atoms with Crippen LogP contribution in [-0.4, -0.2) is 23.2 Å². The van der Waals surface area contributed by atoms with Gasteiger partial charge in [-0.1, -0.05) is 0 Å². The number of carbonyl (C=O) groups excluding carboxylic acids is 1. The van der Waals surface area contributed by atoms with Crippen LogP contribution in [0.1, 0.15) is 15.9 Å². The maximum atomic E-state index is 13.4. The Morgan fingerprint density at radius 2 is 1.88 bits per heavy atom. The number of halogens is 1. The molecule has 3 rings (SSSR count). The first-order valence-electron chi connectivity index (χ1n) is 7.31. The minimum atomic E-state index is -0.416. The maximum Gasteiger partial charge on any atom is 0.258 e. The van der Waals surface area contributed by atoms with E-state index >= 15 is 0 Å². The quantitative estimate of drug-likeness (QED) is 0.331. The van der Waals surface area contributed by atoms with Gasteiger partial charge in [0.15, 0.2) is 0 Å². The van der Waals surface area contributed by atoms with Gasteiger partial charge < -0.3 is 10.8 Å². The minimum Gasteiger partial charge on any atom is -0.323 e. The molecule has 124 valence electrons. The van der Waals surface area contributed by atoms with Gasteiger partial charge in [-0.3, -0.25) is 14.6 Å². The third-order valence-corrected chi connectivity index (χ3v) is 3.59. The van der Waals surface area contributed by atoms with Gasteiger partial charge >= 0.3 is 0 Å². The molecular weight excluding hydrogens is 323 g/mol. The lowest BCUT2D eigenvalue weighted by atomic mass is 10.1. The summed E-state index contributed by atoms with van der Waals surface area (Å²) in [5, 5.41) is 4.11. The van der Waals surface area contributed by atoms with E-state index < -0.39 is 11.4 Å². The first-order chi connectivity index (χ1) is 12.1. The third-order valence-electron chi connectivity index (χ3n) is 3.59. The van der Waals surface area contributed by atoms with E-state index in [1.807, 2.05) is 0 Å². The van der Waals surface area contributed by atoms with E-state index in [1.165, 1.54) is 30.5 Å². The van der Waals surface area contributed by atoms with Crippen LogP contribution in [0, 0.1) is 5.82 Å². The Morgan fingerprint density at radius 3 is 2.56 bits per heavy atom. The standard InChI is InChI=1S/C18H13FN4O2/c19-13-3-6-16-12(7-13)8-15(18(25)22-16)17(23-20)9-21-14-4-1-11(10-24)2-5-14/h1-10H,20H2,(H,22,25). The number of aromatic amines is 1. The van der Waals surface area contributed by atoms with Crippen LogP contribution in [0.4, 0.5) is 10.1 Å². The zero-order valence-corrected chi connectivity index (χ0v) is 12.9. The lowest BCUT2D eigenvalue weighted by Crippen LogP contribution is -2.20. The first kappa shape index (κ1) is 16.3. The molecule has 0 aliphatic carbocycles. The number of nitrogens with zero attached hydrogens (tertiary/aromatic N) is 2. The molecule has 0 aliphatic heterocycles. The smallest absolute Gasteiger partial charge is 0.258 e. The number of benzene rings is 2. The molecular formula is C18H13FN4O2. The summed E-state index contributed by atoms with van der Waals surface area (Å²) in [6, 6.07) is 12.1. The summed E-state index contributed by atoms with van der Waals surface area (Å²) >= 11 is 0. The van der Waals surface area contributed by atoms with Gasteiger partial charge in [-0.15, -0.1) is 0 Å². The topological polar surface area (TPSA) is 101 Å². The molecule has 3 N–H and O–H groups in total. The number of pyridine rings is 1. The summed E-state index contributed by atoms with van der Waals surface area (Å²) in [6.07, 6.45) is 2.07. The second-order valence-corrected chi connectivity index (χ2v) is 5.23. The molecule has 0 spiro atoms. The van der Waals surface area contributed by atoms with Crippen LogP contribution in [0.5, 0.6) is 0 Å². The maximum absolute atomic E-state index is 13.4. The van der Waals surface area contributed by atoms with E-state index in [4.69, 9.17) is 5.84 Å². The van der Waals surface area contributed by atoms with E-state index in [9.17, 15) is 14.0 Å². The summed E-state index contributed by atoms with van der Waals surface area (Å²) in [5.74, 6) is 4.96. The average Bonchev–Trinajstić information content (AvgIpc) is 2.63. The van der Waals surface area contributed by atoms with Crippen molar-refractivity contribution in [3.63, 3.8) is 0 Å². The summed E-state index contributed by atoms with van der Waals surface area (Å²) in [6.45, 7) is 0. The second-order valence-electron chi connectivity index (χ2n) is 5.23. The van der Waals surface area contributed by atoms with E-state index in [2.05, 4.69) is 15.1 Å². The molecule has 0 bridgehead atoms. The number of aromatic nitrogens is 1. The number of aliphatic imine (C=N–C) groups is 1. The molecule has 0 saturated heterocycles. The van der Waals surface area contributed by atoms with Gasteiger partial charge in [-0.2, -0.15) is 5.10 Å². The van der Waals surface area contributed by atoms with Crippen molar-refractivity contribution in [1.82, 2.24) is 4.98 Å². The molecule has 3 aromatic rings. The van der Waals surface area contributed by atoms with E-state index in [1.54, 1.807) is 24.3 Å². The van der Waals surface area contributed by atoms with E-state index in [-0.39, 0.29) is 11.3 Å². The first-order valence-corrected chi connectivity index (χ1v) is 7.31. The van der Waals surface area contributed by atoms with Gasteiger partial charge in [0.25, 0.3) is 5.56 Å². The molecule has 0 radical (unpaired) electrons. The predicted octanol–water partition coefficient (Wildman–Crippen LogP) is 2.54. The van der Waals surface area contributed by atoms with Crippen molar-refractivity contribution >= 4 is 34.8 Å². The summed E-state index contributed by atoms with van der Waals surface area (Å²) in [7, 11) is 0. The van der Waals surface area contributed by atoms with E-state index in [0.717, 1.165) is 6.29 Å². The predicted molar refractivity (Wildman–Crippen MR) is 95.2 cm³/mol. The highest BCUT2D eigenvalue weighted by molar-refractivity contribution is 6.38. The molecule has 6 nitrogen and oxygen atoms in total. The Labute approximate surface area is 141 Å².